The molecule has 2 rings (SSSR count). The van der Waals surface area contributed by atoms with Crippen LogP contribution >= 0.6 is 0 Å². The van der Waals surface area contributed by atoms with Gasteiger partial charge in [0.2, 0.25) is 23.7 Å². The van der Waals surface area contributed by atoms with Crippen LogP contribution in [0.4, 0.5) is 11.9 Å². The summed E-state index contributed by atoms with van der Waals surface area (Å²) in [7, 11) is 0. The van der Waals surface area contributed by atoms with Gasteiger partial charge in [-0.2, -0.15) is 9.97 Å². The Hall–Kier alpha value is -2.51. The first-order chi connectivity index (χ1) is 10.5. The number of imidazole rings is 1. The molecule has 0 aliphatic carbocycles. The molecule has 2 heterocycles. The van der Waals surface area contributed by atoms with Crippen LogP contribution in [0.1, 0.15) is 41.5 Å². The number of anilines is 2. The first-order valence-electron chi connectivity index (χ1n) is 7.32. The van der Waals surface area contributed by atoms with E-state index < -0.39 is 10.8 Å². The molecular formula is C15H22N6O2. The number of rotatable bonds is 2. The van der Waals surface area contributed by atoms with Gasteiger partial charge in [-0.1, -0.05) is 41.5 Å². The standard InChI is InChI=1S/C15H22N6O2/c1-14(2,3)10(22)20-12-16-7-8-9(18-12)19-13(17-8)21-11(23)15(4,5)6/h7H,1-6H3,(H3,16,17,18,19,20,21,22,23). The molecule has 0 aromatic carbocycles. The number of nitrogens with one attached hydrogen (secondary N) is 3. The van der Waals surface area contributed by atoms with Crippen molar-refractivity contribution in [2.24, 2.45) is 10.8 Å². The summed E-state index contributed by atoms with van der Waals surface area (Å²) in [6.45, 7) is 10.8. The molecule has 0 bridgehead atoms. The van der Waals surface area contributed by atoms with Gasteiger partial charge < -0.3 is 4.98 Å². The third-order valence-corrected chi connectivity index (χ3v) is 3.06. The Morgan fingerprint density at radius 1 is 0.957 bits per heavy atom. The molecule has 8 nitrogen and oxygen atoms in total. The third-order valence-electron chi connectivity index (χ3n) is 3.06. The number of amides is 2. The minimum atomic E-state index is -0.546. The van der Waals surface area contributed by atoms with Crippen LogP contribution in [-0.4, -0.2) is 31.8 Å². The van der Waals surface area contributed by atoms with Crippen LogP contribution in [-0.2, 0) is 9.59 Å². The average Bonchev–Trinajstić information content (AvgIpc) is 2.77. The number of carbonyl (C=O) groups excluding carboxylic acids is 2. The summed E-state index contributed by atoms with van der Waals surface area (Å²) in [6.07, 6.45) is 1.51. The molecule has 0 unspecified atom stereocenters. The van der Waals surface area contributed by atoms with E-state index >= 15 is 0 Å². The van der Waals surface area contributed by atoms with Crippen LogP contribution in [0.5, 0.6) is 0 Å². The summed E-state index contributed by atoms with van der Waals surface area (Å²) in [6, 6.07) is 0. The average molecular weight is 318 g/mol. The molecule has 2 aromatic rings. The second-order valence-electron chi connectivity index (χ2n) is 7.42. The molecule has 23 heavy (non-hydrogen) atoms. The lowest BCUT2D eigenvalue weighted by Gasteiger charge is -2.16. The van der Waals surface area contributed by atoms with E-state index in [9.17, 15) is 9.59 Å². The summed E-state index contributed by atoms with van der Waals surface area (Å²) in [4.78, 5) is 39.3. The Bertz CT molecular complexity index is 725. The van der Waals surface area contributed by atoms with E-state index in [0.717, 1.165) is 0 Å². The topological polar surface area (TPSA) is 113 Å². The second-order valence-corrected chi connectivity index (χ2v) is 7.42. The molecular weight excluding hydrogens is 296 g/mol. The van der Waals surface area contributed by atoms with Gasteiger partial charge in [0.15, 0.2) is 5.65 Å². The van der Waals surface area contributed by atoms with Crippen LogP contribution in [0, 0.1) is 10.8 Å². The number of aromatic amines is 1. The predicted octanol–water partition coefficient (Wildman–Crippen LogP) is 2.32. The number of H-pyrrole nitrogens is 1. The Morgan fingerprint density at radius 3 is 2.09 bits per heavy atom. The number of hydrogen-bond acceptors (Lipinski definition) is 5. The quantitative estimate of drug-likeness (QED) is 0.786. The van der Waals surface area contributed by atoms with Crippen molar-refractivity contribution in [3.05, 3.63) is 6.20 Å². The van der Waals surface area contributed by atoms with Crippen molar-refractivity contribution < 1.29 is 9.59 Å². The summed E-state index contributed by atoms with van der Waals surface area (Å²) >= 11 is 0. The Balaban J connectivity index is 2.21. The van der Waals surface area contributed by atoms with Gasteiger partial charge in [0.1, 0.15) is 5.52 Å². The normalized spacial score (nSPS) is 12.3. The number of fused-ring (bicyclic) bond motifs is 1. The van der Waals surface area contributed by atoms with Crippen molar-refractivity contribution in [1.82, 2.24) is 19.9 Å². The van der Waals surface area contributed by atoms with Crippen molar-refractivity contribution in [3.8, 4) is 0 Å². The van der Waals surface area contributed by atoms with E-state index in [-0.39, 0.29) is 17.8 Å². The molecule has 8 heteroatoms. The molecule has 0 fully saturated rings. The summed E-state index contributed by atoms with van der Waals surface area (Å²) in [5, 5.41) is 5.34. The van der Waals surface area contributed by atoms with Gasteiger partial charge in [0.05, 0.1) is 6.20 Å². The molecule has 2 amide bonds. The van der Waals surface area contributed by atoms with Crippen LogP contribution in [0.2, 0.25) is 0 Å². The lowest BCUT2D eigenvalue weighted by Crippen LogP contribution is -2.28. The molecule has 124 valence electrons. The molecule has 0 saturated heterocycles. The number of carbonyl (C=O) groups is 2. The van der Waals surface area contributed by atoms with Gasteiger partial charge in [-0.05, 0) is 0 Å². The zero-order valence-electron chi connectivity index (χ0n) is 14.2. The van der Waals surface area contributed by atoms with Crippen LogP contribution in [0.25, 0.3) is 11.2 Å². The van der Waals surface area contributed by atoms with Gasteiger partial charge in [0.25, 0.3) is 0 Å². The smallest absolute Gasteiger partial charge is 0.232 e. The fourth-order valence-electron chi connectivity index (χ4n) is 1.51. The Morgan fingerprint density at radius 2 is 1.52 bits per heavy atom. The number of hydrogen-bond donors (Lipinski definition) is 3. The summed E-state index contributed by atoms with van der Waals surface area (Å²) < 4.78 is 0. The van der Waals surface area contributed by atoms with Crippen molar-refractivity contribution in [3.63, 3.8) is 0 Å². The highest BCUT2D eigenvalue weighted by Crippen LogP contribution is 2.19. The molecule has 0 spiro atoms. The van der Waals surface area contributed by atoms with Gasteiger partial charge >= 0.3 is 0 Å². The maximum Gasteiger partial charge on any atom is 0.232 e. The molecule has 0 saturated carbocycles. The van der Waals surface area contributed by atoms with Gasteiger partial charge in [0, 0.05) is 10.8 Å². The Kier molecular flexibility index (Phi) is 4.10. The van der Waals surface area contributed by atoms with Gasteiger partial charge in [-0.25, -0.2) is 4.98 Å². The van der Waals surface area contributed by atoms with Crippen molar-refractivity contribution >= 4 is 34.9 Å². The van der Waals surface area contributed by atoms with E-state index in [1.165, 1.54) is 6.20 Å². The lowest BCUT2D eigenvalue weighted by atomic mass is 9.96. The highest BCUT2D eigenvalue weighted by atomic mass is 16.2. The van der Waals surface area contributed by atoms with Crippen molar-refractivity contribution in [1.29, 1.82) is 0 Å². The SMILES string of the molecule is CC(C)(C)C(=O)Nc1ncc2[nH]c(NC(=O)C(C)(C)C)nc2n1. The van der Waals surface area contributed by atoms with Gasteiger partial charge in [-0.15, -0.1) is 0 Å². The zero-order valence-corrected chi connectivity index (χ0v) is 14.2. The maximum absolute atomic E-state index is 12.0. The van der Waals surface area contributed by atoms with Gasteiger partial charge in [-0.3, -0.25) is 20.2 Å². The summed E-state index contributed by atoms with van der Waals surface area (Å²) in [5.41, 5.74) is -0.136. The van der Waals surface area contributed by atoms with Crippen LogP contribution in [0.15, 0.2) is 6.20 Å². The van der Waals surface area contributed by atoms with E-state index in [4.69, 9.17) is 0 Å². The second kappa shape index (κ2) is 5.60. The molecule has 0 aliphatic heterocycles. The largest absolute Gasteiger partial charge is 0.321 e. The minimum absolute atomic E-state index is 0.161. The number of aromatic nitrogens is 4. The zero-order chi connectivity index (χ0) is 17.4. The van der Waals surface area contributed by atoms with E-state index in [0.29, 0.717) is 17.1 Å². The highest BCUT2D eigenvalue weighted by Gasteiger charge is 2.23. The fraction of sp³-hybridized carbons (Fsp3) is 0.533. The molecule has 3 N–H and O–H groups in total. The van der Waals surface area contributed by atoms with Crippen molar-refractivity contribution in [2.75, 3.05) is 10.6 Å². The molecule has 2 aromatic heterocycles. The van der Waals surface area contributed by atoms with E-state index in [2.05, 4.69) is 30.6 Å². The maximum atomic E-state index is 12.0. The predicted molar refractivity (Wildman–Crippen MR) is 87.9 cm³/mol. The first kappa shape index (κ1) is 16.9. The molecule has 0 aliphatic rings. The minimum Gasteiger partial charge on any atom is -0.321 e. The van der Waals surface area contributed by atoms with Crippen molar-refractivity contribution in [2.45, 2.75) is 41.5 Å². The lowest BCUT2D eigenvalue weighted by molar-refractivity contribution is -0.123. The van der Waals surface area contributed by atoms with Crippen LogP contribution in [0.3, 0.4) is 0 Å². The first-order valence-corrected chi connectivity index (χ1v) is 7.32. The highest BCUT2D eigenvalue weighted by molar-refractivity contribution is 5.95. The molecule has 0 radical (unpaired) electrons. The van der Waals surface area contributed by atoms with Crippen LogP contribution < -0.4 is 10.6 Å². The fourth-order valence-corrected chi connectivity index (χ4v) is 1.51. The molecule has 0 atom stereocenters. The Labute approximate surface area is 134 Å². The third kappa shape index (κ3) is 4.02. The van der Waals surface area contributed by atoms with E-state index in [1.54, 1.807) is 20.8 Å². The summed E-state index contributed by atoms with van der Waals surface area (Å²) in [5.74, 6) is 0.130. The van der Waals surface area contributed by atoms with E-state index in [1.807, 2.05) is 20.8 Å². The number of nitrogens with zero attached hydrogens (tertiary/aromatic N) is 3. The monoisotopic (exact) mass is 318 g/mol.